The van der Waals surface area contributed by atoms with Crippen molar-refractivity contribution in [2.75, 3.05) is 6.54 Å². The smallest absolute Gasteiger partial charge is 0.245 e. The Bertz CT molecular complexity index is 147. The zero-order chi connectivity index (χ0) is 7.40. The molecule has 1 rings (SSSR count). The molecule has 0 N–H and O–H groups in total. The van der Waals surface area contributed by atoms with Crippen molar-refractivity contribution in [2.45, 2.75) is 25.7 Å². The fourth-order valence-corrected chi connectivity index (χ4v) is 1.05. The molecule has 0 aromatic carbocycles. The van der Waals surface area contributed by atoms with E-state index >= 15 is 0 Å². The van der Waals surface area contributed by atoms with E-state index in [9.17, 15) is 9.70 Å². The number of hydrogen-bond donors (Lipinski definition) is 0. The fraction of sp³-hybridized carbons (Fsp3) is 0.833. The molecule has 10 heavy (non-hydrogen) atoms. The molecule has 1 fully saturated rings. The summed E-state index contributed by atoms with van der Waals surface area (Å²) < 4.78 is 0. The summed E-state index contributed by atoms with van der Waals surface area (Å²) in [4.78, 5) is 20.9. The second-order valence-corrected chi connectivity index (χ2v) is 2.41. The maximum Gasteiger partial charge on any atom is 0.245 e. The van der Waals surface area contributed by atoms with Crippen molar-refractivity contribution in [3.63, 3.8) is 0 Å². The molecule has 1 aliphatic heterocycles. The van der Waals surface area contributed by atoms with Crippen LogP contribution in [0.5, 0.6) is 0 Å². The van der Waals surface area contributed by atoms with Gasteiger partial charge >= 0.3 is 0 Å². The first-order valence-corrected chi connectivity index (χ1v) is 3.48. The average Bonchev–Trinajstić information content (AvgIpc) is 2.13. The molecule has 0 atom stereocenters. The van der Waals surface area contributed by atoms with E-state index in [0.717, 1.165) is 24.3 Å². The van der Waals surface area contributed by atoms with Gasteiger partial charge in [-0.15, -0.1) is 4.91 Å². The van der Waals surface area contributed by atoms with Gasteiger partial charge in [0.25, 0.3) is 0 Å². The summed E-state index contributed by atoms with van der Waals surface area (Å²) in [5, 5.41) is 3.64. The van der Waals surface area contributed by atoms with Gasteiger partial charge in [0.15, 0.2) is 0 Å². The lowest BCUT2D eigenvalue weighted by atomic mass is 10.2. The van der Waals surface area contributed by atoms with Gasteiger partial charge in [-0.2, -0.15) is 5.01 Å². The Morgan fingerprint density at radius 3 is 2.80 bits per heavy atom. The van der Waals surface area contributed by atoms with Crippen LogP contribution in [-0.2, 0) is 4.79 Å². The summed E-state index contributed by atoms with van der Waals surface area (Å²) >= 11 is 0. The summed E-state index contributed by atoms with van der Waals surface area (Å²) in [7, 11) is 0. The van der Waals surface area contributed by atoms with E-state index in [-0.39, 0.29) is 5.91 Å². The molecule has 1 saturated heterocycles. The van der Waals surface area contributed by atoms with Gasteiger partial charge in [0.05, 0.1) is 5.29 Å². The molecule has 0 spiro atoms. The number of hydrogen-bond acceptors (Lipinski definition) is 3. The van der Waals surface area contributed by atoms with Crippen LogP contribution in [0.3, 0.4) is 0 Å². The van der Waals surface area contributed by atoms with E-state index in [1.807, 2.05) is 0 Å². The van der Waals surface area contributed by atoms with E-state index < -0.39 is 0 Å². The number of carbonyl (C=O) groups is 1. The molecule has 1 amide bonds. The van der Waals surface area contributed by atoms with Crippen molar-refractivity contribution < 1.29 is 4.79 Å². The SMILES string of the molecule is O=NN1CCCCCC1=O. The molecule has 1 heterocycles. The molecule has 0 saturated carbocycles. The molecule has 0 aromatic heterocycles. The van der Waals surface area contributed by atoms with Crippen LogP contribution >= 0.6 is 0 Å². The highest BCUT2D eigenvalue weighted by molar-refractivity contribution is 5.75. The molecule has 0 aliphatic carbocycles. The van der Waals surface area contributed by atoms with Gasteiger partial charge in [-0.3, -0.25) is 4.79 Å². The quantitative estimate of drug-likeness (QED) is 0.514. The van der Waals surface area contributed by atoms with Crippen LogP contribution in [-0.4, -0.2) is 17.5 Å². The van der Waals surface area contributed by atoms with Crippen molar-refractivity contribution in [1.82, 2.24) is 5.01 Å². The molecule has 0 bridgehead atoms. The van der Waals surface area contributed by atoms with Crippen molar-refractivity contribution in [3.8, 4) is 0 Å². The topological polar surface area (TPSA) is 49.7 Å². The third-order valence-electron chi connectivity index (χ3n) is 1.65. The minimum atomic E-state index is -0.132. The van der Waals surface area contributed by atoms with Crippen LogP contribution in [0.25, 0.3) is 0 Å². The number of carbonyl (C=O) groups excluding carboxylic acids is 1. The third kappa shape index (κ3) is 1.52. The van der Waals surface area contributed by atoms with Crippen molar-refractivity contribution in [3.05, 3.63) is 4.91 Å². The highest BCUT2D eigenvalue weighted by atomic mass is 16.3. The van der Waals surface area contributed by atoms with Gasteiger partial charge in [0.1, 0.15) is 0 Å². The van der Waals surface area contributed by atoms with Crippen LogP contribution < -0.4 is 0 Å². The number of rotatable bonds is 1. The van der Waals surface area contributed by atoms with E-state index in [2.05, 4.69) is 5.29 Å². The van der Waals surface area contributed by atoms with Crippen LogP contribution in [0.2, 0.25) is 0 Å². The lowest BCUT2D eigenvalue weighted by Gasteiger charge is -2.07. The number of nitroso groups, excluding NO2 is 1. The normalized spacial score (nSPS) is 20.4. The summed E-state index contributed by atoms with van der Waals surface area (Å²) in [6.45, 7) is 0.502. The maximum atomic E-state index is 10.9. The van der Waals surface area contributed by atoms with Crippen molar-refractivity contribution in [2.24, 2.45) is 5.29 Å². The predicted octanol–water partition coefficient (Wildman–Crippen LogP) is 1.07. The molecule has 0 aromatic rings. The largest absolute Gasteiger partial charge is 0.273 e. The Balaban J connectivity index is 2.51. The second-order valence-electron chi connectivity index (χ2n) is 2.41. The molecular formula is C6H10N2O2. The Kier molecular flexibility index (Phi) is 2.36. The van der Waals surface area contributed by atoms with Gasteiger partial charge in [-0.1, -0.05) is 6.42 Å². The summed E-state index contributed by atoms with van der Waals surface area (Å²) in [5.74, 6) is -0.132. The third-order valence-corrected chi connectivity index (χ3v) is 1.65. The Hall–Kier alpha value is -0.930. The van der Waals surface area contributed by atoms with Crippen LogP contribution in [0.1, 0.15) is 25.7 Å². The van der Waals surface area contributed by atoms with Gasteiger partial charge in [0.2, 0.25) is 5.91 Å². The lowest BCUT2D eigenvalue weighted by Crippen LogP contribution is -2.23. The molecule has 0 unspecified atom stereocenters. The summed E-state index contributed by atoms with van der Waals surface area (Å²) in [5.41, 5.74) is 0. The Morgan fingerprint density at radius 2 is 2.10 bits per heavy atom. The second kappa shape index (κ2) is 3.29. The standard InChI is InChI=1S/C6H10N2O2/c9-6-4-2-1-3-5-8(6)7-10/h1-5H2. The number of nitrogens with zero attached hydrogens (tertiary/aromatic N) is 2. The minimum absolute atomic E-state index is 0.132. The zero-order valence-electron chi connectivity index (χ0n) is 5.75. The van der Waals surface area contributed by atoms with Gasteiger partial charge in [-0.25, -0.2) is 0 Å². The molecule has 56 valence electrons. The van der Waals surface area contributed by atoms with E-state index in [1.165, 1.54) is 0 Å². The molecule has 1 aliphatic rings. The highest BCUT2D eigenvalue weighted by Gasteiger charge is 2.15. The van der Waals surface area contributed by atoms with Gasteiger partial charge < -0.3 is 0 Å². The fourth-order valence-electron chi connectivity index (χ4n) is 1.05. The lowest BCUT2D eigenvalue weighted by molar-refractivity contribution is -0.130. The van der Waals surface area contributed by atoms with E-state index in [4.69, 9.17) is 0 Å². The molecular weight excluding hydrogens is 132 g/mol. The first-order chi connectivity index (χ1) is 4.84. The average molecular weight is 142 g/mol. The summed E-state index contributed by atoms with van der Waals surface area (Å²) in [6.07, 6.45) is 3.30. The van der Waals surface area contributed by atoms with Crippen LogP contribution in [0.4, 0.5) is 0 Å². The van der Waals surface area contributed by atoms with Crippen molar-refractivity contribution in [1.29, 1.82) is 0 Å². The molecule has 4 heteroatoms. The van der Waals surface area contributed by atoms with E-state index in [1.54, 1.807) is 0 Å². The van der Waals surface area contributed by atoms with Gasteiger partial charge in [0, 0.05) is 13.0 Å². The predicted molar refractivity (Wildman–Crippen MR) is 36.0 cm³/mol. The monoisotopic (exact) mass is 142 g/mol. The van der Waals surface area contributed by atoms with E-state index in [0.29, 0.717) is 13.0 Å². The molecule has 0 radical (unpaired) electrons. The van der Waals surface area contributed by atoms with Gasteiger partial charge in [-0.05, 0) is 12.8 Å². The Labute approximate surface area is 59.1 Å². The molecule has 4 nitrogen and oxygen atoms in total. The summed E-state index contributed by atoms with van der Waals surface area (Å²) in [6, 6.07) is 0. The van der Waals surface area contributed by atoms with Crippen LogP contribution in [0, 0.1) is 4.91 Å². The maximum absolute atomic E-state index is 10.9. The first kappa shape index (κ1) is 7.18. The highest BCUT2D eigenvalue weighted by Crippen LogP contribution is 2.10. The first-order valence-electron chi connectivity index (χ1n) is 3.48. The van der Waals surface area contributed by atoms with Crippen molar-refractivity contribution >= 4 is 5.91 Å². The zero-order valence-corrected chi connectivity index (χ0v) is 5.75. The number of amides is 1. The minimum Gasteiger partial charge on any atom is -0.273 e. The Morgan fingerprint density at radius 1 is 1.30 bits per heavy atom. The van der Waals surface area contributed by atoms with Crippen LogP contribution in [0.15, 0.2) is 5.29 Å².